The number of rotatable bonds is 2. The molecule has 0 aromatic heterocycles. The van der Waals surface area contributed by atoms with Gasteiger partial charge >= 0.3 is 0 Å². The molecule has 0 aliphatic heterocycles. The summed E-state index contributed by atoms with van der Waals surface area (Å²) in [5.74, 6) is 0.562. The number of nitrogens with zero attached hydrogens (tertiary/aromatic N) is 1. The second-order valence-corrected chi connectivity index (χ2v) is 4.46. The molecule has 2 N–H and O–H groups in total. The van der Waals surface area contributed by atoms with E-state index in [0.717, 1.165) is 12.8 Å². The van der Waals surface area contributed by atoms with Crippen LogP contribution in [-0.2, 0) is 4.79 Å². The van der Waals surface area contributed by atoms with Crippen molar-refractivity contribution in [2.24, 2.45) is 11.7 Å². The Hall–Kier alpha value is -0.570. The quantitative estimate of drug-likeness (QED) is 0.684. The van der Waals surface area contributed by atoms with Crippen molar-refractivity contribution in [2.75, 3.05) is 7.05 Å². The maximum absolute atomic E-state index is 11.8. The van der Waals surface area contributed by atoms with Crippen molar-refractivity contribution < 1.29 is 4.79 Å². The first-order valence-electron chi connectivity index (χ1n) is 5.20. The van der Waals surface area contributed by atoms with E-state index in [0.29, 0.717) is 11.9 Å². The van der Waals surface area contributed by atoms with Gasteiger partial charge in [-0.25, -0.2) is 0 Å². The minimum absolute atomic E-state index is 0.237. The third-order valence-corrected chi connectivity index (χ3v) is 3.49. The Labute approximate surface area is 79.3 Å². The van der Waals surface area contributed by atoms with E-state index >= 15 is 0 Å². The monoisotopic (exact) mass is 182 g/mol. The van der Waals surface area contributed by atoms with E-state index in [2.05, 4.69) is 0 Å². The molecule has 0 bridgehead atoms. The highest BCUT2D eigenvalue weighted by Crippen LogP contribution is 2.31. The Morgan fingerprint density at radius 2 is 2.00 bits per heavy atom. The summed E-state index contributed by atoms with van der Waals surface area (Å²) in [5, 5.41) is 0. The van der Waals surface area contributed by atoms with Crippen LogP contribution < -0.4 is 5.73 Å². The Morgan fingerprint density at radius 3 is 2.38 bits per heavy atom. The molecule has 0 saturated heterocycles. The first-order valence-corrected chi connectivity index (χ1v) is 5.20. The first kappa shape index (κ1) is 9.00. The largest absolute Gasteiger partial charge is 0.343 e. The Kier molecular flexibility index (Phi) is 2.28. The highest BCUT2D eigenvalue weighted by Gasteiger charge is 2.36. The van der Waals surface area contributed by atoms with Gasteiger partial charge in [0, 0.05) is 25.0 Å². The van der Waals surface area contributed by atoms with Crippen molar-refractivity contribution in [1.29, 1.82) is 0 Å². The lowest BCUT2D eigenvalue weighted by atomic mass is 9.79. The van der Waals surface area contributed by atoms with Gasteiger partial charge in [-0.2, -0.15) is 0 Å². The van der Waals surface area contributed by atoms with Crippen LogP contribution in [0.25, 0.3) is 0 Å². The highest BCUT2D eigenvalue weighted by atomic mass is 16.2. The van der Waals surface area contributed by atoms with Crippen LogP contribution in [0.15, 0.2) is 0 Å². The molecule has 0 radical (unpaired) electrons. The van der Waals surface area contributed by atoms with E-state index in [1.807, 2.05) is 11.9 Å². The van der Waals surface area contributed by atoms with Gasteiger partial charge in [0.2, 0.25) is 5.91 Å². The summed E-state index contributed by atoms with van der Waals surface area (Å²) >= 11 is 0. The van der Waals surface area contributed by atoms with E-state index in [1.54, 1.807) is 0 Å². The summed E-state index contributed by atoms with van der Waals surface area (Å²) < 4.78 is 0. The molecule has 3 heteroatoms. The van der Waals surface area contributed by atoms with E-state index in [4.69, 9.17) is 5.73 Å². The standard InChI is InChI=1S/C10H18N2O/c1-12(9-3-2-4-9)10(13)7-5-8(11)6-7/h7-9H,2-6,11H2,1H3. The Bertz CT molecular complexity index is 207. The van der Waals surface area contributed by atoms with Crippen LogP contribution in [0.1, 0.15) is 32.1 Å². The molecule has 0 aromatic rings. The number of amides is 1. The lowest BCUT2D eigenvalue weighted by Gasteiger charge is -2.40. The zero-order valence-electron chi connectivity index (χ0n) is 8.20. The zero-order valence-corrected chi connectivity index (χ0v) is 8.20. The molecule has 2 aliphatic rings. The van der Waals surface area contributed by atoms with E-state index < -0.39 is 0 Å². The van der Waals surface area contributed by atoms with Crippen molar-refractivity contribution in [3.63, 3.8) is 0 Å². The maximum Gasteiger partial charge on any atom is 0.225 e. The lowest BCUT2D eigenvalue weighted by molar-refractivity contribution is -0.141. The van der Waals surface area contributed by atoms with E-state index in [1.165, 1.54) is 19.3 Å². The predicted molar refractivity (Wildman–Crippen MR) is 51.1 cm³/mol. The Morgan fingerprint density at radius 1 is 1.38 bits per heavy atom. The average Bonchev–Trinajstić information content (AvgIpc) is 1.94. The smallest absolute Gasteiger partial charge is 0.225 e. The van der Waals surface area contributed by atoms with Gasteiger partial charge in [0.05, 0.1) is 0 Å². The molecule has 0 spiro atoms. The Balaban J connectivity index is 1.82. The summed E-state index contributed by atoms with van der Waals surface area (Å²) in [6.45, 7) is 0. The van der Waals surface area contributed by atoms with Gasteiger partial charge in [0.25, 0.3) is 0 Å². The molecule has 2 saturated carbocycles. The molecule has 2 rings (SSSR count). The number of carbonyl (C=O) groups excluding carboxylic acids is 1. The van der Waals surface area contributed by atoms with Gasteiger partial charge < -0.3 is 10.6 Å². The fourth-order valence-electron chi connectivity index (χ4n) is 2.11. The van der Waals surface area contributed by atoms with E-state index in [-0.39, 0.29) is 12.0 Å². The minimum atomic E-state index is 0.237. The van der Waals surface area contributed by atoms with Crippen molar-refractivity contribution in [2.45, 2.75) is 44.2 Å². The second kappa shape index (κ2) is 3.29. The van der Waals surface area contributed by atoms with Crippen LogP contribution in [0.2, 0.25) is 0 Å². The number of hydrogen-bond donors (Lipinski definition) is 1. The molecule has 0 aromatic carbocycles. The maximum atomic E-state index is 11.8. The molecule has 74 valence electrons. The van der Waals surface area contributed by atoms with Crippen LogP contribution >= 0.6 is 0 Å². The molecule has 0 unspecified atom stereocenters. The van der Waals surface area contributed by atoms with Gasteiger partial charge in [-0.05, 0) is 32.1 Å². The van der Waals surface area contributed by atoms with Gasteiger partial charge in [-0.15, -0.1) is 0 Å². The van der Waals surface area contributed by atoms with Crippen molar-refractivity contribution in [3.05, 3.63) is 0 Å². The fourth-order valence-corrected chi connectivity index (χ4v) is 2.11. The van der Waals surface area contributed by atoms with Crippen LogP contribution in [0.4, 0.5) is 0 Å². The number of hydrogen-bond acceptors (Lipinski definition) is 2. The predicted octanol–water partition coefficient (Wildman–Crippen LogP) is 0.735. The summed E-state index contributed by atoms with van der Waals surface area (Å²) in [4.78, 5) is 13.7. The topological polar surface area (TPSA) is 46.3 Å². The van der Waals surface area contributed by atoms with Gasteiger partial charge in [0.1, 0.15) is 0 Å². The molecule has 2 aliphatic carbocycles. The van der Waals surface area contributed by atoms with Crippen molar-refractivity contribution >= 4 is 5.91 Å². The molecule has 3 nitrogen and oxygen atoms in total. The molecular weight excluding hydrogens is 164 g/mol. The van der Waals surface area contributed by atoms with Crippen molar-refractivity contribution in [3.8, 4) is 0 Å². The third-order valence-electron chi connectivity index (χ3n) is 3.49. The van der Waals surface area contributed by atoms with Crippen LogP contribution in [-0.4, -0.2) is 29.9 Å². The second-order valence-electron chi connectivity index (χ2n) is 4.46. The molecular formula is C10H18N2O. The van der Waals surface area contributed by atoms with Crippen LogP contribution in [0.3, 0.4) is 0 Å². The summed E-state index contributed by atoms with van der Waals surface area (Å²) in [6.07, 6.45) is 5.47. The molecule has 13 heavy (non-hydrogen) atoms. The number of carbonyl (C=O) groups is 1. The van der Waals surface area contributed by atoms with Gasteiger partial charge in [0.15, 0.2) is 0 Å². The first-order chi connectivity index (χ1) is 6.18. The molecule has 0 atom stereocenters. The summed E-state index contributed by atoms with van der Waals surface area (Å²) in [5.41, 5.74) is 5.66. The third kappa shape index (κ3) is 1.57. The zero-order chi connectivity index (χ0) is 9.42. The minimum Gasteiger partial charge on any atom is -0.343 e. The van der Waals surface area contributed by atoms with Crippen LogP contribution in [0, 0.1) is 5.92 Å². The normalized spacial score (nSPS) is 33.4. The lowest BCUT2D eigenvalue weighted by Crippen LogP contribution is -2.50. The highest BCUT2D eigenvalue weighted by molar-refractivity contribution is 5.80. The molecule has 0 heterocycles. The average molecular weight is 182 g/mol. The van der Waals surface area contributed by atoms with Gasteiger partial charge in [-0.3, -0.25) is 4.79 Å². The summed E-state index contributed by atoms with van der Waals surface area (Å²) in [7, 11) is 1.94. The van der Waals surface area contributed by atoms with Gasteiger partial charge in [-0.1, -0.05) is 0 Å². The van der Waals surface area contributed by atoms with E-state index in [9.17, 15) is 4.79 Å². The van der Waals surface area contributed by atoms with Crippen molar-refractivity contribution in [1.82, 2.24) is 4.90 Å². The SMILES string of the molecule is CN(C(=O)C1CC(N)C1)C1CCC1. The van der Waals surface area contributed by atoms with Crippen LogP contribution in [0.5, 0.6) is 0 Å². The fraction of sp³-hybridized carbons (Fsp3) is 0.900. The molecule has 1 amide bonds. The summed E-state index contributed by atoms with van der Waals surface area (Å²) in [6, 6.07) is 0.813. The molecule has 2 fully saturated rings. The number of nitrogens with two attached hydrogens (primary N) is 1.